The Hall–Kier alpha value is -1.78. The first-order valence-electron chi connectivity index (χ1n) is 5.70. The number of pyridine rings is 1. The van der Waals surface area contributed by atoms with Crippen LogP contribution < -0.4 is 4.74 Å². The number of esters is 1. The number of hydrogen-bond donors (Lipinski definition) is 0. The number of aromatic nitrogens is 1. The van der Waals surface area contributed by atoms with Gasteiger partial charge in [0.15, 0.2) is 0 Å². The number of carbonyl (C=O) groups excluding carboxylic acids is 1. The summed E-state index contributed by atoms with van der Waals surface area (Å²) < 4.78 is 10.3. The minimum absolute atomic E-state index is 0.184. The first-order valence-corrected chi connectivity index (χ1v) is 6.46. The van der Waals surface area contributed by atoms with E-state index in [1.807, 2.05) is 0 Å². The second-order valence-electron chi connectivity index (χ2n) is 3.92. The number of rotatable bonds is 4. The number of ether oxygens (including phenoxy) is 2. The summed E-state index contributed by atoms with van der Waals surface area (Å²) in [4.78, 5) is 15.6. The van der Waals surface area contributed by atoms with Crippen LogP contribution in [0.1, 0.15) is 15.9 Å². The first-order chi connectivity index (χ1) is 9.60. The highest BCUT2D eigenvalue weighted by Crippen LogP contribution is 2.20. The second-order valence-corrected chi connectivity index (χ2v) is 4.79. The Morgan fingerprint density at radius 1 is 1.20 bits per heavy atom. The van der Waals surface area contributed by atoms with Crippen molar-refractivity contribution in [2.45, 2.75) is 6.61 Å². The first kappa shape index (κ1) is 14.6. The fourth-order valence-electron chi connectivity index (χ4n) is 1.61. The van der Waals surface area contributed by atoms with E-state index in [9.17, 15) is 4.79 Å². The van der Waals surface area contributed by atoms with E-state index >= 15 is 0 Å². The average molecular weight is 312 g/mol. The molecule has 2 aromatic rings. The lowest BCUT2D eigenvalue weighted by Crippen LogP contribution is -2.08. The zero-order valence-corrected chi connectivity index (χ0v) is 12.1. The van der Waals surface area contributed by atoms with Gasteiger partial charge in [0.25, 0.3) is 0 Å². The molecule has 0 N–H and O–H groups in total. The minimum atomic E-state index is -0.463. The molecule has 1 aromatic carbocycles. The molecule has 0 aliphatic heterocycles. The van der Waals surface area contributed by atoms with Crippen LogP contribution in [0, 0.1) is 0 Å². The molecule has 104 valence electrons. The highest BCUT2D eigenvalue weighted by Gasteiger charge is 2.13. The highest BCUT2D eigenvalue weighted by molar-refractivity contribution is 6.31. The van der Waals surface area contributed by atoms with Gasteiger partial charge in [-0.2, -0.15) is 0 Å². The van der Waals surface area contributed by atoms with Crippen LogP contribution in [0.5, 0.6) is 5.75 Å². The molecule has 0 amide bonds. The third-order valence-electron chi connectivity index (χ3n) is 2.55. The van der Waals surface area contributed by atoms with E-state index in [1.165, 1.54) is 13.3 Å². The van der Waals surface area contributed by atoms with E-state index < -0.39 is 5.97 Å². The lowest BCUT2D eigenvalue weighted by Gasteiger charge is -2.10. The van der Waals surface area contributed by atoms with Crippen LogP contribution in [-0.4, -0.2) is 18.1 Å². The molecule has 0 saturated carbocycles. The van der Waals surface area contributed by atoms with Gasteiger partial charge in [0.1, 0.15) is 12.4 Å². The van der Waals surface area contributed by atoms with Gasteiger partial charge < -0.3 is 9.47 Å². The molecule has 0 fully saturated rings. The second kappa shape index (κ2) is 6.59. The summed E-state index contributed by atoms with van der Waals surface area (Å²) in [6.45, 7) is 0.184. The molecule has 0 spiro atoms. The number of halogens is 2. The third kappa shape index (κ3) is 3.62. The van der Waals surface area contributed by atoms with Gasteiger partial charge in [-0.25, -0.2) is 4.79 Å². The van der Waals surface area contributed by atoms with E-state index in [-0.39, 0.29) is 6.61 Å². The van der Waals surface area contributed by atoms with Crippen molar-refractivity contribution in [1.82, 2.24) is 4.98 Å². The van der Waals surface area contributed by atoms with E-state index in [2.05, 4.69) is 4.98 Å². The van der Waals surface area contributed by atoms with Gasteiger partial charge in [-0.3, -0.25) is 4.98 Å². The van der Waals surface area contributed by atoms with Crippen molar-refractivity contribution in [3.8, 4) is 5.75 Å². The summed E-state index contributed by atoms with van der Waals surface area (Å²) in [7, 11) is 1.31. The molecule has 2 rings (SSSR count). The molecule has 0 aliphatic carbocycles. The zero-order valence-electron chi connectivity index (χ0n) is 10.6. The quantitative estimate of drug-likeness (QED) is 0.807. The fourth-order valence-corrected chi connectivity index (χ4v) is 1.94. The van der Waals surface area contributed by atoms with Crippen molar-refractivity contribution in [1.29, 1.82) is 0 Å². The predicted molar refractivity (Wildman–Crippen MR) is 76.4 cm³/mol. The van der Waals surface area contributed by atoms with Crippen molar-refractivity contribution >= 4 is 29.2 Å². The number of methoxy groups -OCH3 is 1. The topological polar surface area (TPSA) is 48.4 Å². The lowest BCUT2D eigenvalue weighted by molar-refractivity contribution is 0.0597. The SMILES string of the molecule is COC(=O)c1cc(Cl)ccc1COc1cncc(Cl)c1. The Morgan fingerprint density at radius 3 is 2.70 bits per heavy atom. The van der Waals surface area contributed by atoms with Crippen LogP contribution in [0.2, 0.25) is 10.0 Å². The Morgan fingerprint density at radius 2 is 2.00 bits per heavy atom. The molecular formula is C14H11Cl2NO3. The van der Waals surface area contributed by atoms with Gasteiger partial charge in [0, 0.05) is 22.8 Å². The average Bonchev–Trinajstić information content (AvgIpc) is 2.45. The molecule has 1 aromatic heterocycles. The van der Waals surface area contributed by atoms with E-state index in [0.717, 1.165) is 0 Å². The minimum Gasteiger partial charge on any atom is -0.487 e. The summed E-state index contributed by atoms with van der Waals surface area (Å²) in [5, 5.41) is 0.936. The molecular weight excluding hydrogens is 301 g/mol. The summed E-state index contributed by atoms with van der Waals surface area (Å²) in [6, 6.07) is 6.58. The summed E-state index contributed by atoms with van der Waals surface area (Å²) in [5.74, 6) is 0.0542. The normalized spacial score (nSPS) is 10.2. The van der Waals surface area contributed by atoms with Crippen molar-refractivity contribution < 1.29 is 14.3 Å². The monoisotopic (exact) mass is 311 g/mol. The molecule has 4 nitrogen and oxygen atoms in total. The van der Waals surface area contributed by atoms with Gasteiger partial charge >= 0.3 is 5.97 Å². The van der Waals surface area contributed by atoms with Crippen LogP contribution in [0.15, 0.2) is 36.7 Å². The maximum atomic E-state index is 11.7. The Bertz CT molecular complexity index is 632. The van der Waals surface area contributed by atoms with Gasteiger partial charge in [0.05, 0.1) is 23.9 Å². The predicted octanol–water partition coefficient (Wildman–Crippen LogP) is 3.75. The van der Waals surface area contributed by atoms with Gasteiger partial charge in [-0.15, -0.1) is 0 Å². The van der Waals surface area contributed by atoms with Crippen LogP contribution >= 0.6 is 23.2 Å². The maximum absolute atomic E-state index is 11.7. The van der Waals surface area contributed by atoms with Gasteiger partial charge in [-0.05, 0) is 12.1 Å². The molecule has 0 aliphatic rings. The molecule has 20 heavy (non-hydrogen) atoms. The summed E-state index contributed by atoms with van der Waals surface area (Å²) in [5.41, 5.74) is 1.04. The molecule has 0 radical (unpaired) electrons. The molecule has 0 atom stereocenters. The number of benzene rings is 1. The molecule has 0 bridgehead atoms. The molecule has 1 heterocycles. The van der Waals surface area contributed by atoms with Crippen molar-refractivity contribution in [3.05, 3.63) is 57.8 Å². The standard InChI is InChI=1S/C14H11Cl2NO3/c1-19-14(18)13-5-10(15)3-2-9(13)8-20-12-4-11(16)6-17-7-12/h2-7H,8H2,1H3. The zero-order chi connectivity index (χ0) is 14.5. The fraction of sp³-hybridized carbons (Fsp3) is 0.143. The maximum Gasteiger partial charge on any atom is 0.338 e. The van der Waals surface area contributed by atoms with Gasteiger partial charge in [0.2, 0.25) is 0 Å². The summed E-state index contributed by atoms with van der Waals surface area (Å²) in [6.07, 6.45) is 3.05. The number of hydrogen-bond acceptors (Lipinski definition) is 4. The van der Waals surface area contributed by atoms with Crippen LogP contribution in [0.3, 0.4) is 0 Å². The molecule has 6 heteroatoms. The smallest absolute Gasteiger partial charge is 0.338 e. The Balaban J connectivity index is 2.19. The van der Waals surface area contributed by atoms with Crippen molar-refractivity contribution in [2.24, 2.45) is 0 Å². The Labute approximate surface area is 126 Å². The largest absolute Gasteiger partial charge is 0.487 e. The highest BCUT2D eigenvalue weighted by atomic mass is 35.5. The Kier molecular flexibility index (Phi) is 4.82. The van der Waals surface area contributed by atoms with Crippen molar-refractivity contribution in [2.75, 3.05) is 7.11 Å². The van der Waals surface area contributed by atoms with Crippen LogP contribution in [-0.2, 0) is 11.3 Å². The van der Waals surface area contributed by atoms with Gasteiger partial charge in [-0.1, -0.05) is 29.3 Å². The molecule has 0 unspecified atom stereocenters. The number of nitrogens with zero attached hydrogens (tertiary/aromatic N) is 1. The van der Waals surface area contributed by atoms with Crippen LogP contribution in [0.4, 0.5) is 0 Å². The van der Waals surface area contributed by atoms with Crippen molar-refractivity contribution in [3.63, 3.8) is 0 Å². The third-order valence-corrected chi connectivity index (χ3v) is 2.99. The number of carbonyl (C=O) groups is 1. The van der Waals surface area contributed by atoms with E-state index in [1.54, 1.807) is 30.5 Å². The van der Waals surface area contributed by atoms with E-state index in [0.29, 0.717) is 26.9 Å². The van der Waals surface area contributed by atoms with E-state index in [4.69, 9.17) is 32.7 Å². The summed E-state index contributed by atoms with van der Waals surface area (Å²) >= 11 is 11.7. The van der Waals surface area contributed by atoms with Crippen LogP contribution in [0.25, 0.3) is 0 Å². The lowest BCUT2D eigenvalue weighted by atomic mass is 10.1. The molecule has 0 saturated heterocycles.